The summed E-state index contributed by atoms with van der Waals surface area (Å²) in [5.41, 5.74) is 0.226. The van der Waals surface area contributed by atoms with Crippen LogP contribution in [0.4, 0.5) is 13.2 Å². The van der Waals surface area contributed by atoms with E-state index in [1.54, 1.807) is 11.0 Å². The van der Waals surface area contributed by atoms with Crippen LogP contribution < -0.4 is 5.32 Å². The molecular weight excluding hydrogens is 285 g/mol. The fraction of sp³-hybridized carbons (Fsp3) is 0.357. The Balaban J connectivity index is 2.16. The molecule has 0 amide bonds. The van der Waals surface area contributed by atoms with Crippen LogP contribution >= 0.6 is 0 Å². The van der Waals surface area contributed by atoms with Gasteiger partial charge in [0.2, 0.25) is 0 Å². The average molecular weight is 300 g/mol. The van der Waals surface area contributed by atoms with Crippen molar-refractivity contribution < 1.29 is 23.1 Å². The van der Waals surface area contributed by atoms with Gasteiger partial charge in [-0.25, -0.2) is 13.2 Å². The topological polar surface area (TPSA) is 52.3 Å². The molecule has 0 aliphatic carbocycles. The predicted molar refractivity (Wildman–Crippen MR) is 70.3 cm³/mol. The molecule has 1 fully saturated rings. The van der Waals surface area contributed by atoms with E-state index in [0.717, 1.165) is 12.1 Å². The molecule has 0 radical (unpaired) electrons. The fourth-order valence-electron chi connectivity index (χ4n) is 2.14. The largest absolute Gasteiger partial charge is 0.480 e. The van der Waals surface area contributed by atoms with Crippen molar-refractivity contribution in [2.45, 2.75) is 12.1 Å². The third-order valence-electron chi connectivity index (χ3n) is 3.33. The van der Waals surface area contributed by atoms with Crippen molar-refractivity contribution in [1.29, 1.82) is 0 Å². The maximum Gasteiger partial charge on any atom is 0.322 e. The second kappa shape index (κ2) is 6.28. The van der Waals surface area contributed by atoms with Crippen LogP contribution in [0.2, 0.25) is 0 Å². The molecular formula is C14H15F3N2O2. The van der Waals surface area contributed by atoms with E-state index in [1.807, 2.05) is 0 Å². The smallest absolute Gasteiger partial charge is 0.322 e. The molecule has 0 spiro atoms. The van der Waals surface area contributed by atoms with Gasteiger partial charge in [0, 0.05) is 25.7 Å². The summed E-state index contributed by atoms with van der Waals surface area (Å²) < 4.78 is 39.6. The zero-order valence-corrected chi connectivity index (χ0v) is 11.2. The highest BCUT2D eigenvalue weighted by atomic mass is 19.2. The third kappa shape index (κ3) is 3.62. The molecule has 1 unspecified atom stereocenters. The van der Waals surface area contributed by atoms with Crippen LogP contribution in [0.5, 0.6) is 0 Å². The summed E-state index contributed by atoms with van der Waals surface area (Å²) in [6, 6.07) is 0.738. The molecule has 2 N–H and O–H groups in total. The molecule has 1 aliphatic heterocycles. The molecule has 114 valence electrons. The van der Waals surface area contributed by atoms with Crippen LogP contribution in [0.3, 0.4) is 0 Å². The molecule has 0 saturated carbocycles. The summed E-state index contributed by atoms with van der Waals surface area (Å²) in [4.78, 5) is 12.5. The van der Waals surface area contributed by atoms with Gasteiger partial charge >= 0.3 is 5.97 Å². The first-order chi connectivity index (χ1) is 9.93. The predicted octanol–water partition coefficient (Wildman–Crippen LogP) is 1.69. The first kappa shape index (κ1) is 15.5. The van der Waals surface area contributed by atoms with Crippen molar-refractivity contribution in [2.75, 3.05) is 19.6 Å². The van der Waals surface area contributed by atoms with Crippen molar-refractivity contribution in [3.8, 4) is 0 Å². The van der Waals surface area contributed by atoms with Crippen molar-refractivity contribution in [3.63, 3.8) is 0 Å². The Morgan fingerprint density at radius 2 is 2.10 bits per heavy atom. The molecule has 1 aliphatic rings. The van der Waals surface area contributed by atoms with E-state index in [4.69, 9.17) is 5.11 Å². The number of rotatable bonds is 7. The number of benzene rings is 1. The van der Waals surface area contributed by atoms with Gasteiger partial charge in [0.1, 0.15) is 6.04 Å². The van der Waals surface area contributed by atoms with Gasteiger partial charge in [-0.3, -0.25) is 9.69 Å². The highest BCUT2D eigenvalue weighted by Crippen LogP contribution is 2.25. The Morgan fingerprint density at radius 3 is 2.57 bits per heavy atom. The summed E-state index contributed by atoms with van der Waals surface area (Å²) in [6.45, 7) is 4.55. The maximum absolute atomic E-state index is 13.3. The van der Waals surface area contributed by atoms with E-state index >= 15 is 0 Å². The second-order valence-corrected chi connectivity index (χ2v) is 4.86. The van der Waals surface area contributed by atoms with Crippen LogP contribution in [-0.4, -0.2) is 41.7 Å². The Labute approximate surface area is 119 Å². The van der Waals surface area contributed by atoms with Crippen LogP contribution in [0, 0.1) is 17.5 Å². The van der Waals surface area contributed by atoms with E-state index in [2.05, 4.69) is 11.9 Å². The van der Waals surface area contributed by atoms with E-state index in [-0.39, 0.29) is 12.1 Å². The molecule has 1 heterocycles. The standard InChI is InChI=1S/C14H15F3N2O2/c1-2-3-18-11(6-19-7-12(19)14(20)21)8-4-9(15)13(17)10(16)5-8/h2,4-5,11-12,18H,1,3,6-7H2,(H,20,21)/t11-,12?,19+/m0/s1. The molecule has 7 heteroatoms. The van der Waals surface area contributed by atoms with Gasteiger partial charge in [0.25, 0.3) is 0 Å². The summed E-state index contributed by atoms with van der Waals surface area (Å²) in [5, 5.41) is 11.8. The number of hydrogen-bond acceptors (Lipinski definition) is 3. The maximum atomic E-state index is 13.3. The van der Waals surface area contributed by atoms with Gasteiger partial charge < -0.3 is 10.4 Å². The van der Waals surface area contributed by atoms with E-state index < -0.39 is 35.5 Å². The molecule has 2 rings (SSSR count). The summed E-state index contributed by atoms with van der Waals surface area (Å²) in [5.74, 6) is -4.99. The summed E-state index contributed by atoms with van der Waals surface area (Å²) >= 11 is 0. The SMILES string of the molecule is C=CCN[C@@H](C[N@]1CC1C(=O)O)c1cc(F)c(F)c(F)c1. The normalized spacial score (nSPS) is 21.9. The van der Waals surface area contributed by atoms with Gasteiger partial charge in [0.05, 0.1) is 0 Å². The minimum Gasteiger partial charge on any atom is -0.480 e. The lowest BCUT2D eigenvalue weighted by molar-refractivity contribution is -0.137. The van der Waals surface area contributed by atoms with Crippen LogP contribution in [0.15, 0.2) is 24.8 Å². The van der Waals surface area contributed by atoms with Gasteiger partial charge in [-0.1, -0.05) is 6.08 Å². The number of carboxylic acids is 1. The van der Waals surface area contributed by atoms with Crippen molar-refractivity contribution >= 4 is 5.97 Å². The summed E-state index contributed by atoms with van der Waals surface area (Å²) in [6.07, 6.45) is 1.57. The Bertz CT molecular complexity index is 542. The number of nitrogens with zero attached hydrogens (tertiary/aromatic N) is 1. The molecule has 1 aromatic carbocycles. The number of aliphatic carboxylic acids is 1. The zero-order valence-electron chi connectivity index (χ0n) is 11.2. The molecule has 1 saturated heterocycles. The monoisotopic (exact) mass is 300 g/mol. The quantitative estimate of drug-likeness (QED) is 0.457. The highest BCUT2D eigenvalue weighted by molar-refractivity contribution is 5.76. The number of carboxylic acid groups (broad SMARTS) is 1. The average Bonchev–Trinajstić information content (AvgIpc) is 3.19. The van der Waals surface area contributed by atoms with Crippen LogP contribution in [0.25, 0.3) is 0 Å². The van der Waals surface area contributed by atoms with Gasteiger partial charge in [0.15, 0.2) is 17.5 Å². The highest BCUT2D eigenvalue weighted by Gasteiger charge is 2.41. The molecule has 4 nitrogen and oxygen atoms in total. The molecule has 3 atom stereocenters. The van der Waals surface area contributed by atoms with Gasteiger partial charge in [-0.2, -0.15) is 0 Å². The van der Waals surface area contributed by atoms with Crippen molar-refractivity contribution in [1.82, 2.24) is 10.2 Å². The van der Waals surface area contributed by atoms with E-state index in [9.17, 15) is 18.0 Å². The molecule has 1 aromatic rings. The molecule has 21 heavy (non-hydrogen) atoms. The lowest BCUT2D eigenvalue weighted by Gasteiger charge is -2.19. The minimum absolute atomic E-state index is 0.226. The van der Waals surface area contributed by atoms with E-state index in [1.165, 1.54) is 0 Å². The third-order valence-corrected chi connectivity index (χ3v) is 3.33. The Morgan fingerprint density at radius 1 is 1.48 bits per heavy atom. The second-order valence-electron chi connectivity index (χ2n) is 4.86. The lowest BCUT2D eigenvalue weighted by Crippen LogP contribution is -2.29. The van der Waals surface area contributed by atoms with Crippen molar-refractivity contribution in [3.05, 3.63) is 47.8 Å². The minimum atomic E-state index is -1.52. The molecule has 0 bridgehead atoms. The summed E-state index contributed by atoms with van der Waals surface area (Å²) in [7, 11) is 0. The Hall–Kier alpha value is -1.86. The van der Waals surface area contributed by atoms with Gasteiger partial charge in [-0.05, 0) is 17.7 Å². The zero-order chi connectivity index (χ0) is 15.6. The fourth-order valence-corrected chi connectivity index (χ4v) is 2.14. The van der Waals surface area contributed by atoms with Crippen molar-refractivity contribution in [2.24, 2.45) is 0 Å². The first-order valence-electron chi connectivity index (χ1n) is 6.39. The number of halogens is 3. The van der Waals surface area contributed by atoms with Crippen LogP contribution in [0.1, 0.15) is 11.6 Å². The number of carbonyl (C=O) groups is 1. The Kier molecular flexibility index (Phi) is 4.64. The van der Waals surface area contributed by atoms with Crippen LogP contribution in [-0.2, 0) is 4.79 Å². The van der Waals surface area contributed by atoms with E-state index in [0.29, 0.717) is 13.1 Å². The number of hydrogen-bond donors (Lipinski definition) is 2. The lowest BCUT2D eigenvalue weighted by atomic mass is 10.1. The molecule has 0 aromatic heterocycles. The van der Waals surface area contributed by atoms with Gasteiger partial charge in [-0.15, -0.1) is 6.58 Å². The first-order valence-corrected chi connectivity index (χ1v) is 6.39. The number of nitrogens with one attached hydrogen (secondary N) is 1.